The second-order valence-electron chi connectivity index (χ2n) is 7.30. The molecule has 0 saturated carbocycles. The lowest BCUT2D eigenvalue weighted by atomic mass is 9.70. The molecule has 0 saturated heterocycles. The maximum absolute atomic E-state index is 13.8. The van der Waals surface area contributed by atoms with Gasteiger partial charge in [-0.1, -0.05) is 51.1 Å². The largest absolute Gasteiger partial charge is 0.296 e. The SMILES string of the molecule is CC(C)(C)C(=O)C(c1ccccc1)(c1ccc([N+](=O)[O-])cc1)n1cncn1. The van der Waals surface area contributed by atoms with Crippen molar-refractivity contribution in [2.45, 2.75) is 26.3 Å². The minimum atomic E-state index is -1.29. The summed E-state index contributed by atoms with van der Waals surface area (Å²) in [6.07, 6.45) is 2.87. The highest BCUT2D eigenvalue weighted by Gasteiger charge is 2.49. The minimum absolute atomic E-state index is 0.0393. The number of carbonyl (C=O) groups is 1. The predicted molar refractivity (Wildman–Crippen MR) is 100 cm³/mol. The number of hydrogen-bond donors (Lipinski definition) is 0. The van der Waals surface area contributed by atoms with Crippen molar-refractivity contribution in [3.63, 3.8) is 0 Å². The predicted octanol–water partition coefficient (Wildman–Crippen LogP) is 3.59. The molecule has 0 N–H and O–H groups in total. The Bertz CT molecular complexity index is 945. The standard InChI is InChI=1S/C20H20N4O3/c1-19(2,3)18(25)20(23-14-21-13-22-23,15-7-5-4-6-8-15)16-9-11-17(12-10-16)24(26)27/h4-14H,1-3H3. The zero-order chi connectivity index (χ0) is 19.7. The number of nitro benzene ring substituents is 1. The van der Waals surface area contributed by atoms with Crippen LogP contribution in [0.4, 0.5) is 5.69 Å². The molecule has 1 heterocycles. The van der Waals surface area contributed by atoms with Crippen molar-refractivity contribution in [3.8, 4) is 0 Å². The topological polar surface area (TPSA) is 90.9 Å². The zero-order valence-electron chi connectivity index (χ0n) is 15.4. The van der Waals surface area contributed by atoms with Crippen LogP contribution in [0.5, 0.6) is 0 Å². The van der Waals surface area contributed by atoms with Crippen LogP contribution in [0.25, 0.3) is 0 Å². The van der Waals surface area contributed by atoms with Gasteiger partial charge in [0, 0.05) is 17.5 Å². The molecule has 1 unspecified atom stereocenters. The highest BCUT2D eigenvalue weighted by molar-refractivity contribution is 5.97. The fourth-order valence-electron chi connectivity index (χ4n) is 3.23. The van der Waals surface area contributed by atoms with Crippen LogP contribution in [0.1, 0.15) is 31.9 Å². The van der Waals surface area contributed by atoms with Gasteiger partial charge in [0.05, 0.1) is 4.92 Å². The summed E-state index contributed by atoms with van der Waals surface area (Å²) >= 11 is 0. The summed E-state index contributed by atoms with van der Waals surface area (Å²) in [6, 6.07) is 15.3. The highest BCUT2D eigenvalue weighted by Crippen LogP contribution is 2.40. The monoisotopic (exact) mass is 364 g/mol. The first-order chi connectivity index (χ1) is 12.8. The first kappa shape index (κ1) is 18.4. The molecule has 3 aromatic rings. The summed E-state index contributed by atoms with van der Waals surface area (Å²) in [6.45, 7) is 5.53. The van der Waals surface area contributed by atoms with Gasteiger partial charge in [0.2, 0.25) is 0 Å². The molecule has 3 rings (SSSR count). The van der Waals surface area contributed by atoms with Gasteiger partial charge in [-0.3, -0.25) is 14.9 Å². The molecule has 1 atom stereocenters. The van der Waals surface area contributed by atoms with Crippen LogP contribution in [0.2, 0.25) is 0 Å². The molecule has 7 heteroatoms. The molecular weight excluding hydrogens is 344 g/mol. The van der Waals surface area contributed by atoms with Crippen molar-refractivity contribution in [2.75, 3.05) is 0 Å². The zero-order valence-corrected chi connectivity index (χ0v) is 15.4. The number of nitro groups is 1. The molecule has 2 aromatic carbocycles. The molecular formula is C20H20N4O3. The normalized spacial score (nSPS) is 13.7. The fourth-order valence-corrected chi connectivity index (χ4v) is 3.23. The lowest BCUT2D eigenvalue weighted by Crippen LogP contribution is -2.49. The number of ketones is 1. The van der Waals surface area contributed by atoms with Crippen LogP contribution in [-0.2, 0) is 10.3 Å². The van der Waals surface area contributed by atoms with Crippen LogP contribution in [0.3, 0.4) is 0 Å². The fraction of sp³-hybridized carbons (Fsp3) is 0.250. The van der Waals surface area contributed by atoms with Crippen molar-refractivity contribution in [1.29, 1.82) is 0 Å². The summed E-state index contributed by atoms with van der Waals surface area (Å²) in [4.78, 5) is 28.4. The van der Waals surface area contributed by atoms with E-state index >= 15 is 0 Å². The van der Waals surface area contributed by atoms with Crippen LogP contribution in [0.15, 0.2) is 67.3 Å². The third-order valence-corrected chi connectivity index (χ3v) is 4.46. The van der Waals surface area contributed by atoms with E-state index in [9.17, 15) is 14.9 Å². The smallest absolute Gasteiger partial charge is 0.269 e. The van der Waals surface area contributed by atoms with Gasteiger partial charge in [-0.15, -0.1) is 0 Å². The molecule has 0 aliphatic carbocycles. The third-order valence-electron chi connectivity index (χ3n) is 4.46. The molecule has 0 radical (unpaired) electrons. The Hall–Kier alpha value is -3.35. The number of Topliss-reactive ketones (excluding diaryl/α,β-unsaturated/α-hetero) is 1. The van der Waals surface area contributed by atoms with Crippen molar-refractivity contribution in [2.24, 2.45) is 5.41 Å². The Labute approximate surface area is 156 Å². The number of non-ortho nitro benzene ring substituents is 1. The van der Waals surface area contributed by atoms with Gasteiger partial charge < -0.3 is 0 Å². The molecule has 1 aromatic heterocycles. The van der Waals surface area contributed by atoms with Gasteiger partial charge in [0.15, 0.2) is 11.3 Å². The number of aromatic nitrogens is 3. The second-order valence-corrected chi connectivity index (χ2v) is 7.30. The summed E-state index contributed by atoms with van der Waals surface area (Å²) in [5.41, 5.74) is -0.731. The first-order valence-electron chi connectivity index (χ1n) is 8.48. The Morgan fingerprint density at radius 1 is 1.00 bits per heavy atom. The number of rotatable bonds is 5. The van der Waals surface area contributed by atoms with Gasteiger partial charge in [0.25, 0.3) is 5.69 Å². The molecule has 0 fully saturated rings. The summed E-state index contributed by atoms with van der Waals surface area (Å²) < 4.78 is 1.52. The van der Waals surface area contributed by atoms with Crippen LogP contribution in [-0.4, -0.2) is 25.5 Å². The van der Waals surface area contributed by atoms with Crippen molar-refractivity contribution in [3.05, 3.63) is 88.5 Å². The van der Waals surface area contributed by atoms with Crippen molar-refractivity contribution < 1.29 is 9.72 Å². The number of benzene rings is 2. The van der Waals surface area contributed by atoms with E-state index in [-0.39, 0.29) is 11.5 Å². The maximum atomic E-state index is 13.8. The van der Waals surface area contributed by atoms with Gasteiger partial charge in [-0.05, 0) is 23.3 Å². The molecule has 0 bridgehead atoms. The van der Waals surface area contributed by atoms with Crippen molar-refractivity contribution >= 4 is 11.5 Å². The number of nitrogens with zero attached hydrogens (tertiary/aromatic N) is 4. The maximum Gasteiger partial charge on any atom is 0.269 e. The van der Waals surface area contributed by atoms with Crippen LogP contribution in [0, 0.1) is 15.5 Å². The lowest BCUT2D eigenvalue weighted by Gasteiger charge is -2.38. The quantitative estimate of drug-likeness (QED) is 0.510. The Balaban J connectivity index is 2.37. The number of hydrogen-bond acceptors (Lipinski definition) is 5. The molecule has 0 amide bonds. The summed E-state index contributed by atoms with van der Waals surface area (Å²) in [5, 5.41) is 15.3. The van der Waals surface area contributed by atoms with Crippen LogP contribution >= 0.6 is 0 Å². The second kappa shape index (κ2) is 6.75. The van der Waals surface area contributed by atoms with E-state index < -0.39 is 15.9 Å². The van der Waals surface area contributed by atoms with Gasteiger partial charge in [0.1, 0.15) is 12.7 Å². The van der Waals surface area contributed by atoms with E-state index in [0.29, 0.717) is 11.1 Å². The molecule has 7 nitrogen and oxygen atoms in total. The average Bonchev–Trinajstić information content (AvgIpc) is 3.18. The Kier molecular flexibility index (Phi) is 4.61. The van der Waals surface area contributed by atoms with E-state index in [4.69, 9.17) is 0 Å². The molecule has 0 aliphatic heterocycles. The van der Waals surface area contributed by atoms with Gasteiger partial charge >= 0.3 is 0 Å². The average molecular weight is 364 g/mol. The summed E-state index contributed by atoms with van der Waals surface area (Å²) in [7, 11) is 0. The Morgan fingerprint density at radius 3 is 2.07 bits per heavy atom. The van der Waals surface area contributed by atoms with Crippen LogP contribution < -0.4 is 0 Å². The summed E-state index contributed by atoms with van der Waals surface area (Å²) in [5.74, 6) is -0.0967. The van der Waals surface area contributed by atoms with Gasteiger partial charge in [-0.2, -0.15) is 5.10 Å². The first-order valence-corrected chi connectivity index (χ1v) is 8.48. The van der Waals surface area contributed by atoms with E-state index in [1.807, 2.05) is 51.1 Å². The Morgan fingerprint density at radius 2 is 1.59 bits per heavy atom. The third kappa shape index (κ3) is 3.12. The molecule has 0 aliphatic rings. The molecule has 138 valence electrons. The van der Waals surface area contributed by atoms with Gasteiger partial charge in [-0.25, -0.2) is 9.67 Å². The van der Waals surface area contributed by atoms with E-state index in [1.54, 1.807) is 12.1 Å². The highest BCUT2D eigenvalue weighted by atomic mass is 16.6. The molecule has 27 heavy (non-hydrogen) atoms. The lowest BCUT2D eigenvalue weighted by molar-refractivity contribution is -0.384. The molecule has 0 spiro atoms. The van der Waals surface area contributed by atoms with E-state index in [2.05, 4.69) is 10.1 Å². The number of carbonyl (C=O) groups excluding carboxylic acids is 1. The van der Waals surface area contributed by atoms with Crippen molar-refractivity contribution in [1.82, 2.24) is 14.8 Å². The minimum Gasteiger partial charge on any atom is -0.296 e. The van der Waals surface area contributed by atoms with E-state index in [0.717, 1.165) is 0 Å². The van der Waals surface area contributed by atoms with E-state index in [1.165, 1.54) is 29.5 Å².